The molecule has 4 nitrogen and oxygen atoms in total. The molecule has 5 aromatic rings. The van der Waals surface area contributed by atoms with Crippen LogP contribution in [0.5, 0.6) is 0 Å². The number of nitrogens with zero attached hydrogens (tertiary/aromatic N) is 1. The zero-order valence-corrected chi connectivity index (χ0v) is 29.8. The normalized spacial score (nSPS) is 12.1. The molecule has 0 aliphatic heterocycles. The Hall–Kier alpha value is -3.27. The van der Waals surface area contributed by atoms with Gasteiger partial charge >= 0.3 is 0 Å². The number of hydrogen-bond acceptors (Lipinski definition) is 4. The van der Waals surface area contributed by atoms with E-state index < -0.39 is 0 Å². The molecule has 0 aliphatic rings. The number of pyridine rings is 1. The molecule has 5 rings (SSSR count). The number of allylic oxidation sites excluding steroid dienone is 2. The molecule has 0 bridgehead atoms. The van der Waals surface area contributed by atoms with E-state index in [0.29, 0.717) is 0 Å². The number of para-hydroxylation sites is 1. The summed E-state index contributed by atoms with van der Waals surface area (Å²) in [6.07, 6.45) is 6.79. The molecule has 0 spiro atoms. The summed E-state index contributed by atoms with van der Waals surface area (Å²) in [5, 5.41) is 14.3. The number of carbonyl (C=O) groups excluding carboxylic acids is 1. The third kappa shape index (κ3) is 7.68. The van der Waals surface area contributed by atoms with Gasteiger partial charge in [0, 0.05) is 49.6 Å². The molecule has 1 radical (unpaired) electrons. The molecule has 2 heterocycles. The largest absolute Gasteiger partial charge is 0.512 e. The first-order chi connectivity index (χ1) is 20.5. The van der Waals surface area contributed by atoms with Crippen LogP contribution in [0.1, 0.15) is 85.3 Å². The SMILES string of the molecule is CCC(CC)C(=O)/C=C(\O)C(CC)CC.Cc1[c-]c(-c2nccc3cc(C(C)(C)C)ccc23)c2oc3ccccc3c2c1.[Ir]. The number of aryl methyl sites for hydroxylation is 1. The molecular weight excluding hydrogens is 723 g/mol. The fraction of sp³-hybridized carbons (Fsp3) is 0.385. The summed E-state index contributed by atoms with van der Waals surface area (Å²) in [4.78, 5) is 16.5. The zero-order chi connectivity index (χ0) is 31.3. The number of aliphatic hydroxyl groups excluding tert-OH is 1. The van der Waals surface area contributed by atoms with Crippen LogP contribution in [-0.4, -0.2) is 15.9 Å². The number of furan rings is 1. The molecule has 0 saturated carbocycles. The van der Waals surface area contributed by atoms with Gasteiger partial charge in [0.25, 0.3) is 0 Å². The average molecular weight is 769 g/mol. The van der Waals surface area contributed by atoms with Crippen molar-refractivity contribution in [2.45, 2.75) is 86.5 Å². The van der Waals surface area contributed by atoms with Crippen molar-refractivity contribution in [3.8, 4) is 11.3 Å². The molecule has 0 aliphatic carbocycles. The van der Waals surface area contributed by atoms with Crippen LogP contribution >= 0.6 is 0 Å². The second-order valence-electron chi connectivity index (χ2n) is 12.5. The molecule has 44 heavy (non-hydrogen) atoms. The van der Waals surface area contributed by atoms with Gasteiger partial charge in [-0.25, -0.2) is 0 Å². The molecule has 1 N–H and O–H groups in total. The maximum absolute atomic E-state index is 11.7. The van der Waals surface area contributed by atoms with Gasteiger partial charge < -0.3 is 14.5 Å². The molecule has 235 valence electrons. The van der Waals surface area contributed by atoms with Crippen LogP contribution in [0.2, 0.25) is 0 Å². The second-order valence-corrected chi connectivity index (χ2v) is 12.5. The minimum atomic E-state index is 0. The van der Waals surface area contributed by atoms with Gasteiger partial charge in [-0.05, 0) is 65.3 Å². The molecule has 3 aromatic carbocycles. The Labute approximate surface area is 276 Å². The van der Waals surface area contributed by atoms with Crippen LogP contribution in [0.15, 0.2) is 77.0 Å². The summed E-state index contributed by atoms with van der Waals surface area (Å²) < 4.78 is 6.25. The molecule has 0 amide bonds. The van der Waals surface area contributed by atoms with Gasteiger partial charge in [0.15, 0.2) is 5.78 Å². The maximum atomic E-state index is 11.7. The van der Waals surface area contributed by atoms with E-state index in [1.165, 1.54) is 17.0 Å². The maximum Gasteiger partial charge on any atom is 0.162 e. The molecule has 0 fully saturated rings. The van der Waals surface area contributed by atoms with Crippen LogP contribution in [-0.2, 0) is 30.3 Å². The van der Waals surface area contributed by atoms with E-state index in [0.717, 1.165) is 69.8 Å². The van der Waals surface area contributed by atoms with E-state index in [2.05, 4.69) is 70.2 Å². The topological polar surface area (TPSA) is 63.3 Å². The van der Waals surface area contributed by atoms with E-state index in [4.69, 9.17) is 9.40 Å². The van der Waals surface area contributed by atoms with Gasteiger partial charge in [0.05, 0.1) is 11.3 Å². The minimum absolute atomic E-state index is 0. The average Bonchev–Trinajstić information content (AvgIpc) is 3.36. The molecule has 5 heteroatoms. The minimum Gasteiger partial charge on any atom is -0.512 e. The van der Waals surface area contributed by atoms with Gasteiger partial charge in [-0.2, -0.15) is 0 Å². The molecule has 0 saturated heterocycles. The Morgan fingerprint density at radius 2 is 1.57 bits per heavy atom. The smallest absolute Gasteiger partial charge is 0.162 e. The number of fused-ring (bicyclic) bond motifs is 4. The Bertz CT molecular complexity index is 1750. The number of aromatic nitrogens is 1. The molecule has 0 unspecified atom stereocenters. The van der Waals surface area contributed by atoms with E-state index in [-0.39, 0.29) is 48.9 Å². The van der Waals surface area contributed by atoms with Crippen molar-refractivity contribution < 1.29 is 34.4 Å². The number of rotatable bonds is 8. The fourth-order valence-electron chi connectivity index (χ4n) is 5.69. The predicted octanol–water partition coefficient (Wildman–Crippen LogP) is 11.1. The van der Waals surface area contributed by atoms with Crippen molar-refractivity contribution in [3.05, 3.63) is 89.8 Å². The van der Waals surface area contributed by atoms with Crippen molar-refractivity contribution in [1.82, 2.24) is 4.98 Å². The Morgan fingerprint density at radius 1 is 0.909 bits per heavy atom. The second kappa shape index (κ2) is 15.1. The standard InChI is InChI=1S/C26H22NO.C13H24O2.Ir/c1-16-13-21-20-7-5-6-8-23(20)28-25(21)22(14-16)24-19-10-9-18(26(2,3)4)15-17(19)11-12-27-24;1-5-10(6-2)12(14)9-13(15)11(7-3)8-4;/h5-13,15H,1-4H3;9-11,14H,5-8H2,1-4H3;/q-1;;/b;12-9-;. The summed E-state index contributed by atoms with van der Waals surface area (Å²) >= 11 is 0. The third-order valence-corrected chi connectivity index (χ3v) is 8.49. The van der Waals surface area contributed by atoms with E-state index in [1.54, 1.807) is 0 Å². The van der Waals surface area contributed by atoms with Crippen molar-refractivity contribution in [2.75, 3.05) is 0 Å². The first kappa shape index (κ1) is 35.2. The zero-order valence-electron chi connectivity index (χ0n) is 27.4. The first-order valence-electron chi connectivity index (χ1n) is 15.7. The van der Waals surface area contributed by atoms with E-state index in [1.807, 2.05) is 52.1 Å². The Morgan fingerprint density at radius 3 is 2.20 bits per heavy atom. The number of carbonyl (C=O) groups is 1. The van der Waals surface area contributed by atoms with Crippen molar-refractivity contribution in [1.29, 1.82) is 0 Å². The van der Waals surface area contributed by atoms with Crippen LogP contribution in [0, 0.1) is 24.8 Å². The summed E-state index contributed by atoms with van der Waals surface area (Å²) in [7, 11) is 0. The predicted molar refractivity (Wildman–Crippen MR) is 181 cm³/mol. The van der Waals surface area contributed by atoms with Gasteiger partial charge in [0.1, 0.15) is 5.58 Å². The van der Waals surface area contributed by atoms with E-state index >= 15 is 0 Å². The van der Waals surface area contributed by atoms with Crippen LogP contribution in [0.4, 0.5) is 0 Å². The Balaban J connectivity index is 0.000000286. The van der Waals surface area contributed by atoms with Crippen LogP contribution in [0.25, 0.3) is 44.0 Å². The quantitative estimate of drug-likeness (QED) is 0.0970. The fourth-order valence-corrected chi connectivity index (χ4v) is 5.69. The summed E-state index contributed by atoms with van der Waals surface area (Å²) in [6.45, 7) is 16.9. The van der Waals surface area contributed by atoms with Gasteiger partial charge in [0.2, 0.25) is 0 Å². The number of benzene rings is 3. The molecule has 2 aromatic heterocycles. The first-order valence-corrected chi connectivity index (χ1v) is 15.7. The third-order valence-electron chi connectivity index (χ3n) is 8.49. The monoisotopic (exact) mass is 769 g/mol. The van der Waals surface area contributed by atoms with Crippen LogP contribution in [0.3, 0.4) is 0 Å². The van der Waals surface area contributed by atoms with Crippen LogP contribution < -0.4 is 0 Å². The molecule has 0 atom stereocenters. The van der Waals surface area contributed by atoms with Crippen molar-refractivity contribution >= 4 is 38.5 Å². The number of hydrogen-bond donors (Lipinski definition) is 1. The molecular formula is C39H46IrNO3-. The number of aliphatic hydroxyl groups is 1. The van der Waals surface area contributed by atoms with E-state index in [9.17, 15) is 9.90 Å². The summed E-state index contributed by atoms with van der Waals surface area (Å²) in [6, 6.07) is 22.6. The van der Waals surface area contributed by atoms with Gasteiger partial charge in [-0.3, -0.25) is 4.79 Å². The summed E-state index contributed by atoms with van der Waals surface area (Å²) in [5.74, 6) is 0.547. The van der Waals surface area contributed by atoms with Crippen molar-refractivity contribution in [3.63, 3.8) is 0 Å². The number of ketones is 1. The van der Waals surface area contributed by atoms with Gasteiger partial charge in [-0.15, -0.1) is 17.7 Å². The van der Waals surface area contributed by atoms with Gasteiger partial charge in [-0.1, -0.05) is 103 Å². The van der Waals surface area contributed by atoms with Crippen molar-refractivity contribution in [2.24, 2.45) is 11.8 Å². The summed E-state index contributed by atoms with van der Waals surface area (Å²) in [5.41, 5.74) is 6.11. The Kier molecular flexibility index (Phi) is 12.1.